The van der Waals surface area contributed by atoms with Crippen LogP contribution in [0.25, 0.3) is 0 Å². The first-order chi connectivity index (χ1) is 4.22. The molecule has 1 nitrogen and oxygen atoms in total. The van der Waals surface area contributed by atoms with E-state index >= 15 is 0 Å². The second-order valence-electron chi connectivity index (χ2n) is 1.65. The summed E-state index contributed by atoms with van der Waals surface area (Å²) in [6, 6.07) is 0. The van der Waals surface area contributed by atoms with Crippen molar-refractivity contribution in [3.8, 4) is 0 Å². The zero-order valence-corrected chi connectivity index (χ0v) is 7.00. The molecule has 0 unspecified atom stereocenters. The van der Waals surface area contributed by atoms with Crippen LogP contribution in [0.5, 0.6) is 0 Å². The molecule has 0 aliphatic heterocycles. The average Bonchev–Trinajstić information content (AvgIpc) is 1.87. The molecule has 0 saturated heterocycles. The van der Waals surface area contributed by atoms with Crippen LogP contribution in [0.3, 0.4) is 0 Å². The molecule has 0 aliphatic carbocycles. The molecule has 3 heteroatoms. The molecule has 0 aromatic rings. The van der Waals surface area contributed by atoms with Crippen LogP contribution in [0.2, 0.25) is 0 Å². The molecule has 0 fully saturated rings. The number of hydrogen-bond donors (Lipinski definition) is 0. The highest BCUT2D eigenvalue weighted by atomic mass is 35.5. The topological polar surface area (TPSA) is 12.4 Å². The zero-order valence-electron chi connectivity index (χ0n) is 5.49. The van der Waals surface area contributed by atoms with Gasteiger partial charge in [0.15, 0.2) is 0 Å². The minimum Gasteiger partial charge on any atom is -0.295 e. The van der Waals surface area contributed by atoms with Crippen molar-refractivity contribution in [3.63, 3.8) is 0 Å². The van der Waals surface area contributed by atoms with Crippen LogP contribution in [0.4, 0.5) is 0 Å². The molecular weight excluding hydrogens is 157 g/mol. The van der Waals surface area contributed by atoms with Crippen molar-refractivity contribution in [1.29, 1.82) is 0 Å². The predicted octanol–water partition coefficient (Wildman–Crippen LogP) is 2.44. The van der Waals surface area contributed by atoms with Gasteiger partial charge in [0.25, 0.3) is 0 Å². The van der Waals surface area contributed by atoms with Gasteiger partial charge < -0.3 is 0 Å². The molecule has 0 bridgehead atoms. The Balaban J connectivity index is 4.10. The highest BCUT2D eigenvalue weighted by molar-refractivity contribution is 6.40. The van der Waals surface area contributed by atoms with Gasteiger partial charge in [0.1, 0.15) is 0 Å². The Morgan fingerprint density at radius 2 is 2.22 bits per heavy atom. The fourth-order valence-electron chi connectivity index (χ4n) is 0.287. The average molecular weight is 166 g/mol. The maximum atomic E-state index is 5.68. The van der Waals surface area contributed by atoms with E-state index in [2.05, 4.69) is 4.99 Å². The van der Waals surface area contributed by atoms with Gasteiger partial charge in [-0.2, -0.15) is 0 Å². The summed E-state index contributed by atoms with van der Waals surface area (Å²) < 4.78 is 0. The molecule has 0 spiro atoms. The number of aliphatic imine (C=N–C) groups is 1. The second-order valence-corrected chi connectivity index (χ2v) is 2.32. The molecule has 0 atom stereocenters. The minimum atomic E-state index is 0.463. The quantitative estimate of drug-likeness (QED) is 0.441. The summed E-state index contributed by atoms with van der Waals surface area (Å²) in [6.07, 6.45) is 1.58. The standard InChI is InChI=1S/C6H9Cl2N/c1-5(3-7)6(8)4-9-2/h4H,3H2,1-2H3/b6-5+,9-4?. The van der Waals surface area contributed by atoms with Crippen molar-refractivity contribution >= 4 is 29.4 Å². The highest BCUT2D eigenvalue weighted by Gasteiger charge is 1.91. The molecule has 9 heavy (non-hydrogen) atoms. The third kappa shape index (κ3) is 3.55. The van der Waals surface area contributed by atoms with E-state index in [0.29, 0.717) is 10.9 Å². The lowest BCUT2D eigenvalue weighted by atomic mass is 10.3. The van der Waals surface area contributed by atoms with Crippen LogP contribution in [0.15, 0.2) is 15.6 Å². The first-order valence-corrected chi connectivity index (χ1v) is 3.47. The Morgan fingerprint density at radius 1 is 1.67 bits per heavy atom. The van der Waals surface area contributed by atoms with Gasteiger partial charge in [-0.05, 0) is 12.5 Å². The summed E-state index contributed by atoms with van der Waals surface area (Å²) in [7, 11) is 1.67. The van der Waals surface area contributed by atoms with Crippen LogP contribution < -0.4 is 0 Å². The molecule has 0 rings (SSSR count). The van der Waals surface area contributed by atoms with Crippen LogP contribution in [-0.2, 0) is 0 Å². The first-order valence-electron chi connectivity index (χ1n) is 2.55. The molecule has 0 aliphatic rings. The summed E-state index contributed by atoms with van der Waals surface area (Å²) in [5.74, 6) is 0.463. The molecular formula is C6H9Cl2N. The van der Waals surface area contributed by atoms with E-state index in [9.17, 15) is 0 Å². The Hall–Kier alpha value is -0.0100. The lowest BCUT2D eigenvalue weighted by Gasteiger charge is -1.92. The van der Waals surface area contributed by atoms with Gasteiger partial charge in [-0.1, -0.05) is 11.6 Å². The Morgan fingerprint density at radius 3 is 2.56 bits per heavy atom. The lowest BCUT2D eigenvalue weighted by Crippen LogP contribution is -1.83. The van der Waals surface area contributed by atoms with Crippen LogP contribution in [-0.4, -0.2) is 19.1 Å². The van der Waals surface area contributed by atoms with Gasteiger partial charge in [0, 0.05) is 19.1 Å². The number of alkyl halides is 1. The van der Waals surface area contributed by atoms with E-state index in [1.165, 1.54) is 0 Å². The third-order valence-corrected chi connectivity index (χ3v) is 1.67. The number of rotatable bonds is 2. The van der Waals surface area contributed by atoms with E-state index < -0.39 is 0 Å². The number of nitrogens with zero attached hydrogens (tertiary/aromatic N) is 1. The van der Waals surface area contributed by atoms with Gasteiger partial charge in [0.05, 0.1) is 5.03 Å². The van der Waals surface area contributed by atoms with Crippen molar-refractivity contribution in [2.24, 2.45) is 4.99 Å². The molecule has 0 N–H and O–H groups in total. The van der Waals surface area contributed by atoms with E-state index in [1.807, 2.05) is 6.92 Å². The van der Waals surface area contributed by atoms with E-state index in [-0.39, 0.29) is 0 Å². The molecule has 0 radical (unpaired) electrons. The number of halogens is 2. The normalized spacial score (nSPS) is 14.2. The van der Waals surface area contributed by atoms with Crippen molar-refractivity contribution in [2.45, 2.75) is 6.92 Å². The monoisotopic (exact) mass is 165 g/mol. The maximum absolute atomic E-state index is 5.68. The van der Waals surface area contributed by atoms with Gasteiger partial charge in [-0.15, -0.1) is 11.6 Å². The zero-order chi connectivity index (χ0) is 7.28. The molecule has 0 amide bonds. The first kappa shape index (κ1) is 8.99. The largest absolute Gasteiger partial charge is 0.295 e. The lowest BCUT2D eigenvalue weighted by molar-refractivity contribution is 1.39. The van der Waals surface area contributed by atoms with E-state index in [4.69, 9.17) is 23.2 Å². The van der Waals surface area contributed by atoms with Gasteiger partial charge in [0.2, 0.25) is 0 Å². The summed E-state index contributed by atoms with van der Waals surface area (Å²) >= 11 is 11.2. The SMILES string of the molecule is CN=C/C(Cl)=C(/C)CCl. The Kier molecular flexibility index (Phi) is 4.83. The second kappa shape index (κ2) is 4.83. The van der Waals surface area contributed by atoms with Gasteiger partial charge in [-0.3, -0.25) is 4.99 Å². The Labute approximate surface area is 65.4 Å². The van der Waals surface area contributed by atoms with Gasteiger partial charge >= 0.3 is 0 Å². The fraction of sp³-hybridized carbons (Fsp3) is 0.500. The fourth-order valence-corrected chi connectivity index (χ4v) is 0.664. The summed E-state index contributed by atoms with van der Waals surface area (Å²) in [5.41, 5.74) is 0.948. The number of hydrogen-bond acceptors (Lipinski definition) is 1. The van der Waals surface area contributed by atoms with Crippen molar-refractivity contribution in [1.82, 2.24) is 0 Å². The minimum absolute atomic E-state index is 0.463. The molecule has 0 saturated carbocycles. The smallest absolute Gasteiger partial charge is 0.0585 e. The van der Waals surface area contributed by atoms with Crippen molar-refractivity contribution in [3.05, 3.63) is 10.6 Å². The summed E-state index contributed by atoms with van der Waals surface area (Å²) in [5, 5.41) is 0.632. The summed E-state index contributed by atoms with van der Waals surface area (Å²) in [4.78, 5) is 3.73. The Bertz CT molecular complexity index is 138. The maximum Gasteiger partial charge on any atom is 0.0585 e. The molecule has 52 valence electrons. The van der Waals surface area contributed by atoms with Gasteiger partial charge in [-0.25, -0.2) is 0 Å². The molecule has 0 heterocycles. The third-order valence-electron chi connectivity index (χ3n) is 0.851. The highest BCUT2D eigenvalue weighted by Crippen LogP contribution is 2.07. The van der Waals surface area contributed by atoms with E-state index in [1.54, 1.807) is 13.3 Å². The molecule has 0 aromatic heterocycles. The van der Waals surface area contributed by atoms with Crippen LogP contribution >= 0.6 is 23.2 Å². The predicted molar refractivity (Wildman–Crippen MR) is 43.7 cm³/mol. The van der Waals surface area contributed by atoms with Crippen molar-refractivity contribution in [2.75, 3.05) is 12.9 Å². The van der Waals surface area contributed by atoms with Crippen LogP contribution in [0, 0.1) is 0 Å². The molecule has 0 aromatic carbocycles. The van der Waals surface area contributed by atoms with Crippen LogP contribution in [0.1, 0.15) is 6.92 Å². The number of allylic oxidation sites excluding steroid dienone is 2. The van der Waals surface area contributed by atoms with Crippen molar-refractivity contribution < 1.29 is 0 Å². The summed E-state index contributed by atoms with van der Waals surface area (Å²) in [6.45, 7) is 1.87. The van der Waals surface area contributed by atoms with E-state index in [0.717, 1.165) is 5.57 Å².